The first-order valence-electron chi connectivity index (χ1n) is 13.8. The second-order valence-electron chi connectivity index (χ2n) is 12.4. The number of ketones is 2. The normalized spacial score (nSPS) is 32.4. The number of phenolic OH excluding ortho intramolecular Hbond substituents is 1. The van der Waals surface area contributed by atoms with Gasteiger partial charge in [-0.15, -0.1) is 0 Å². The van der Waals surface area contributed by atoms with Gasteiger partial charge in [-0.25, -0.2) is 4.79 Å². The van der Waals surface area contributed by atoms with Crippen LogP contribution in [-0.4, -0.2) is 50.7 Å². The molecule has 0 unspecified atom stereocenters. The van der Waals surface area contributed by atoms with Crippen LogP contribution in [0, 0.1) is 11.8 Å². The van der Waals surface area contributed by atoms with Gasteiger partial charge in [-0.2, -0.15) is 0 Å². The minimum Gasteiger partial charge on any atom is -0.506 e. The number of hydrogen-bond acceptors (Lipinski definition) is 7. The lowest BCUT2D eigenvalue weighted by molar-refractivity contribution is -0.171. The highest BCUT2D eigenvalue weighted by atomic mass is 16.6. The molecule has 0 aromatic heterocycles. The van der Waals surface area contributed by atoms with Gasteiger partial charge in [0, 0.05) is 35.0 Å². The first-order valence-corrected chi connectivity index (χ1v) is 13.8. The Hall–Kier alpha value is -3.65. The highest BCUT2D eigenvalue weighted by Gasteiger charge is 2.81. The van der Waals surface area contributed by atoms with Crippen molar-refractivity contribution < 1.29 is 38.8 Å². The average Bonchev–Trinajstić information content (AvgIpc) is 3.03. The summed E-state index contributed by atoms with van der Waals surface area (Å²) in [4.78, 5) is 40.2. The number of rotatable bonds is 5. The van der Waals surface area contributed by atoms with E-state index in [9.17, 15) is 24.6 Å². The molecule has 3 heterocycles. The molecule has 7 rings (SSSR count). The highest BCUT2D eigenvalue weighted by molar-refractivity contribution is 6.19. The Morgan fingerprint density at radius 1 is 1.15 bits per heavy atom. The van der Waals surface area contributed by atoms with Crippen molar-refractivity contribution in [3.05, 3.63) is 57.7 Å². The topological polar surface area (TPSA) is 119 Å². The number of phenols is 1. The zero-order valence-corrected chi connectivity index (χ0v) is 23.6. The van der Waals surface area contributed by atoms with Crippen molar-refractivity contribution >= 4 is 23.6 Å². The molecule has 5 atom stereocenters. The van der Waals surface area contributed by atoms with Crippen molar-refractivity contribution in [2.24, 2.45) is 11.8 Å². The first kappa shape index (κ1) is 26.6. The van der Waals surface area contributed by atoms with Crippen molar-refractivity contribution in [2.45, 2.75) is 83.7 Å². The molecular weight excluding hydrogens is 512 g/mol. The van der Waals surface area contributed by atoms with Crippen molar-refractivity contribution in [3.8, 4) is 17.2 Å². The summed E-state index contributed by atoms with van der Waals surface area (Å²) < 4.78 is 19.8. The summed E-state index contributed by atoms with van der Waals surface area (Å²) in [6, 6.07) is 0. The molecule has 0 radical (unpaired) electrons. The molecule has 3 aliphatic heterocycles. The summed E-state index contributed by atoms with van der Waals surface area (Å²) >= 11 is 0. The third-order valence-corrected chi connectivity index (χ3v) is 9.19. The largest absolute Gasteiger partial charge is 0.506 e. The van der Waals surface area contributed by atoms with Crippen LogP contribution in [0.15, 0.2) is 41.0 Å². The maximum absolute atomic E-state index is 14.5. The summed E-state index contributed by atoms with van der Waals surface area (Å²) in [7, 11) is 0. The van der Waals surface area contributed by atoms with Crippen LogP contribution in [0.5, 0.6) is 17.2 Å². The third kappa shape index (κ3) is 3.25. The maximum atomic E-state index is 14.5. The maximum Gasteiger partial charge on any atom is 0.330 e. The van der Waals surface area contributed by atoms with E-state index in [1.165, 1.54) is 13.0 Å². The van der Waals surface area contributed by atoms with Gasteiger partial charge in [0.25, 0.3) is 0 Å². The van der Waals surface area contributed by atoms with Gasteiger partial charge in [-0.1, -0.05) is 23.8 Å². The zero-order chi connectivity index (χ0) is 28.9. The fourth-order valence-electron chi connectivity index (χ4n) is 7.34. The van der Waals surface area contributed by atoms with Gasteiger partial charge in [0.05, 0.1) is 11.2 Å². The van der Waals surface area contributed by atoms with Gasteiger partial charge >= 0.3 is 5.97 Å². The number of aliphatic carboxylic acids is 1. The van der Waals surface area contributed by atoms with E-state index in [0.717, 1.165) is 5.57 Å². The molecule has 3 aliphatic carbocycles. The lowest BCUT2D eigenvalue weighted by Crippen LogP contribution is -2.72. The van der Waals surface area contributed by atoms with Crippen LogP contribution in [0.4, 0.5) is 0 Å². The molecule has 210 valence electrons. The Morgan fingerprint density at radius 2 is 1.88 bits per heavy atom. The van der Waals surface area contributed by atoms with E-state index in [4.69, 9.17) is 14.2 Å². The van der Waals surface area contributed by atoms with Crippen LogP contribution in [0.1, 0.15) is 75.9 Å². The highest BCUT2D eigenvalue weighted by Crippen LogP contribution is 2.68. The fourth-order valence-corrected chi connectivity index (χ4v) is 7.34. The van der Waals surface area contributed by atoms with Crippen molar-refractivity contribution in [1.82, 2.24) is 0 Å². The first-order chi connectivity index (χ1) is 18.7. The number of carbonyl (C=O) groups excluding carboxylic acids is 2. The van der Waals surface area contributed by atoms with Crippen LogP contribution in [0.3, 0.4) is 0 Å². The van der Waals surface area contributed by atoms with E-state index in [0.29, 0.717) is 35.3 Å². The van der Waals surface area contributed by atoms with Crippen LogP contribution in [0.25, 0.3) is 6.08 Å². The Morgan fingerprint density at radius 3 is 2.55 bits per heavy atom. The molecule has 8 heteroatoms. The molecule has 40 heavy (non-hydrogen) atoms. The van der Waals surface area contributed by atoms with Crippen molar-refractivity contribution in [2.75, 3.05) is 0 Å². The third-order valence-electron chi connectivity index (χ3n) is 9.19. The SMILES string of the molecule is CC(C)=CCc1c2c(c(O)c3c1O[C@]14C(=C[C@@H]5C[C@H]1C(C)(C)O[C@@]4(CC=C(C)C(=O)O)C5=O)C3=O)C=C[C@@H](C)O2. The fraction of sp³-hybridized carbons (Fsp3) is 0.469. The lowest BCUT2D eigenvalue weighted by Gasteiger charge is -2.56. The lowest BCUT2D eigenvalue weighted by atomic mass is 9.51. The van der Waals surface area contributed by atoms with E-state index in [1.54, 1.807) is 12.2 Å². The summed E-state index contributed by atoms with van der Waals surface area (Å²) in [6.45, 7) is 11.1. The van der Waals surface area contributed by atoms with Gasteiger partial charge in [0.1, 0.15) is 28.9 Å². The molecule has 1 spiro atoms. The molecule has 2 N–H and O–H groups in total. The van der Waals surface area contributed by atoms with E-state index in [-0.39, 0.29) is 46.9 Å². The molecule has 0 amide bonds. The monoisotopic (exact) mass is 546 g/mol. The minimum absolute atomic E-state index is 0.0557. The molecule has 1 aromatic rings. The van der Waals surface area contributed by atoms with Gasteiger partial charge in [-0.3, -0.25) is 9.59 Å². The summed E-state index contributed by atoms with van der Waals surface area (Å²) in [5, 5.41) is 21.0. The molecule has 1 aromatic carbocycles. The van der Waals surface area contributed by atoms with Gasteiger partial charge in [0.15, 0.2) is 22.8 Å². The predicted molar refractivity (Wildman–Crippen MR) is 147 cm³/mol. The number of carboxylic acid groups (broad SMARTS) is 1. The minimum atomic E-state index is -1.61. The molecule has 1 saturated heterocycles. The van der Waals surface area contributed by atoms with Crippen LogP contribution < -0.4 is 9.47 Å². The number of Topliss-reactive ketones (excluding diaryl/α,β-unsaturated/α-hetero) is 2. The van der Waals surface area contributed by atoms with Gasteiger partial charge < -0.3 is 24.4 Å². The number of hydrogen-bond donors (Lipinski definition) is 2. The predicted octanol–water partition coefficient (Wildman–Crippen LogP) is 5.12. The molecular formula is C32H34O8. The van der Waals surface area contributed by atoms with E-state index in [1.807, 2.05) is 46.8 Å². The van der Waals surface area contributed by atoms with E-state index < -0.39 is 34.5 Å². The van der Waals surface area contributed by atoms with E-state index >= 15 is 0 Å². The molecule has 6 aliphatic rings. The van der Waals surface area contributed by atoms with E-state index in [2.05, 4.69) is 0 Å². The standard InChI is InChI=1S/C32H34O8/c1-15(2)7-9-20-26-19(10-8-17(4)38-26)24(33)23-25(34)21-13-18-14-22-30(5,6)40-31(28(18)35,12-11-16(3)29(36)37)32(21,22)39-27(20)23/h7-8,10-11,13,17-18,22,33H,9,12,14H2,1-6H3,(H,36,37)/t17-,18-,22+,31+,32-/m1/s1. The second kappa shape index (κ2) is 8.43. The summed E-state index contributed by atoms with van der Waals surface area (Å²) in [5.74, 6) is -2.25. The van der Waals surface area contributed by atoms with Crippen molar-refractivity contribution in [1.29, 1.82) is 0 Å². The molecule has 8 nitrogen and oxygen atoms in total. The molecule has 1 saturated carbocycles. The Bertz CT molecular complexity index is 1520. The quantitative estimate of drug-likeness (QED) is 0.386. The zero-order valence-electron chi connectivity index (χ0n) is 23.6. The smallest absolute Gasteiger partial charge is 0.330 e. The van der Waals surface area contributed by atoms with Crippen LogP contribution in [0.2, 0.25) is 0 Å². The average molecular weight is 547 g/mol. The Labute approximate surface area is 233 Å². The molecule has 4 bridgehead atoms. The number of aromatic hydroxyl groups is 1. The Balaban J connectivity index is 1.65. The van der Waals surface area contributed by atoms with Crippen molar-refractivity contribution in [3.63, 3.8) is 0 Å². The summed E-state index contributed by atoms with van der Waals surface area (Å²) in [6.07, 6.45) is 9.26. The Kier molecular flexibility index (Phi) is 5.60. The van der Waals surface area contributed by atoms with Crippen LogP contribution in [-0.2, 0) is 20.7 Å². The van der Waals surface area contributed by atoms with Gasteiger partial charge in [-0.05, 0) is 66.5 Å². The number of carboxylic acids is 1. The number of benzene rings is 1. The van der Waals surface area contributed by atoms with Gasteiger partial charge in [0.2, 0.25) is 0 Å². The number of allylic oxidation sites excluding steroid dienone is 3. The summed E-state index contributed by atoms with van der Waals surface area (Å²) in [5.41, 5.74) is -1.42. The van der Waals surface area contributed by atoms with Crippen LogP contribution >= 0.6 is 0 Å². The molecule has 2 fully saturated rings. The number of fused-ring (bicyclic) bond motifs is 2. The second-order valence-corrected chi connectivity index (χ2v) is 12.4. The number of ether oxygens (including phenoxy) is 3. The number of carbonyl (C=O) groups is 3.